The minimum atomic E-state index is -4.39. The molecule has 0 heterocycles. The van der Waals surface area contributed by atoms with E-state index in [2.05, 4.69) is 0 Å². The van der Waals surface area contributed by atoms with Crippen molar-refractivity contribution >= 4 is 6.29 Å². The number of halogens is 4. The minimum Gasteiger partial charge on any atom is -0.298 e. The number of hydrogen-bond donors (Lipinski definition) is 0. The zero-order valence-corrected chi connectivity index (χ0v) is 9.54. The van der Waals surface area contributed by atoms with Gasteiger partial charge in [-0.3, -0.25) is 4.79 Å². The van der Waals surface area contributed by atoms with E-state index in [1.165, 1.54) is 24.3 Å². The minimum absolute atomic E-state index is 0.127. The van der Waals surface area contributed by atoms with Gasteiger partial charge in [0.2, 0.25) is 0 Å². The van der Waals surface area contributed by atoms with Gasteiger partial charge in [0.15, 0.2) is 6.29 Å². The molecule has 0 spiro atoms. The molecular formula is C14H8F4O. The van der Waals surface area contributed by atoms with Crippen LogP contribution in [0, 0.1) is 5.82 Å². The van der Waals surface area contributed by atoms with E-state index in [0.29, 0.717) is 17.4 Å². The van der Waals surface area contributed by atoms with Gasteiger partial charge in [-0.15, -0.1) is 0 Å². The number of benzene rings is 2. The predicted octanol–water partition coefficient (Wildman–Crippen LogP) is 4.32. The first-order chi connectivity index (χ1) is 8.91. The number of rotatable bonds is 2. The Morgan fingerprint density at radius 2 is 1.47 bits per heavy atom. The first-order valence-electron chi connectivity index (χ1n) is 5.34. The molecular weight excluding hydrogens is 260 g/mol. The maximum atomic E-state index is 13.1. The summed E-state index contributed by atoms with van der Waals surface area (Å²) in [5.41, 5.74) is 0.0831. The van der Waals surface area contributed by atoms with Gasteiger partial charge in [0.05, 0.1) is 11.1 Å². The Hall–Kier alpha value is -2.17. The van der Waals surface area contributed by atoms with E-state index in [1.54, 1.807) is 0 Å². The summed E-state index contributed by atoms with van der Waals surface area (Å²) >= 11 is 0. The molecule has 2 aromatic rings. The molecule has 0 saturated carbocycles. The Labute approximate surface area is 106 Å². The Morgan fingerprint density at radius 1 is 0.895 bits per heavy atom. The summed E-state index contributed by atoms with van der Waals surface area (Å²) in [5.74, 6) is -0.661. The smallest absolute Gasteiger partial charge is 0.298 e. The van der Waals surface area contributed by atoms with Crippen molar-refractivity contribution in [3.8, 4) is 11.1 Å². The van der Waals surface area contributed by atoms with Gasteiger partial charge in [0, 0.05) is 0 Å². The molecule has 0 radical (unpaired) electrons. The summed E-state index contributed by atoms with van der Waals surface area (Å²) < 4.78 is 50.3. The summed E-state index contributed by atoms with van der Waals surface area (Å²) in [5, 5.41) is 0. The fourth-order valence-electron chi connectivity index (χ4n) is 1.67. The first kappa shape index (κ1) is 13.3. The van der Waals surface area contributed by atoms with Crippen molar-refractivity contribution in [2.45, 2.75) is 6.18 Å². The van der Waals surface area contributed by atoms with Crippen molar-refractivity contribution in [1.29, 1.82) is 0 Å². The fourth-order valence-corrected chi connectivity index (χ4v) is 1.67. The highest BCUT2D eigenvalue weighted by Crippen LogP contribution is 2.31. The van der Waals surface area contributed by atoms with Gasteiger partial charge in [-0.2, -0.15) is 13.2 Å². The Kier molecular flexibility index (Phi) is 3.38. The molecule has 0 saturated heterocycles. The maximum Gasteiger partial charge on any atom is 0.416 e. The largest absolute Gasteiger partial charge is 0.416 e. The summed E-state index contributed by atoms with van der Waals surface area (Å²) in [7, 11) is 0. The van der Waals surface area contributed by atoms with Crippen LogP contribution in [0.25, 0.3) is 11.1 Å². The lowest BCUT2D eigenvalue weighted by molar-refractivity contribution is -0.137. The average Bonchev–Trinajstić information content (AvgIpc) is 2.38. The van der Waals surface area contributed by atoms with Crippen LogP contribution in [0.5, 0.6) is 0 Å². The van der Waals surface area contributed by atoms with Crippen LogP contribution in [0.3, 0.4) is 0 Å². The standard InChI is InChI=1S/C14H8F4O/c15-13-6-3-10(7-11(13)8-19)9-1-4-12(5-2-9)14(16,17)18/h1-8H. The van der Waals surface area contributed by atoms with E-state index in [4.69, 9.17) is 0 Å². The van der Waals surface area contributed by atoms with E-state index in [9.17, 15) is 22.4 Å². The lowest BCUT2D eigenvalue weighted by Gasteiger charge is -2.08. The molecule has 0 N–H and O–H groups in total. The lowest BCUT2D eigenvalue weighted by Crippen LogP contribution is -2.04. The second-order valence-electron chi connectivity index (χ2n) is 3.93. The highest BCUT2D eigenvalue weighted by atomic mass is 19.4. The molecule has 2 aromatic carbocycles. The van der Waals surface area contributed by atoms with Crippen LogP contribution in [-0.2, 0) is 6.18 Å². The molecule has 0 bridgehead atoms. The second-order valence-corrected chi connectivity index (χ2v) is 3.93. The van der Waals surface area contributed by atoms with Gasteiger partial charge in [0.1, 0.15) is 5.82 Å². The van der Waals surface area contributed by atoms with Crippen LogP contribution < -0.4 is 0 Å². The van der Waals surface area contributed by atoms with Crippen LogP contribution in [0.1, 0.15) is 15.9 Å². The number of carbonyl (C=O) groups is 1. The van der Waals surface area contributed by atoms with Gasteiger partial charge in [0.25, 0.3) is 0 Å². The van der Waals surface area contributed by atoms with Crippen molar-refractivity contribution in [1.82, 2.24) is 0 Å². The molecule has 98 valence electrons. The second kappa shape index (κ2) is 4.84. The third-order valence-corrected chi connectivity index (χ3v) is 2.67. The fraction of sp³-hybridized carbons (Fsp3) is 0.0714. The summed E-state index contributed by atoms with van der Waals surface area (Å²) in [4.78, 5) is 10.6. The molecule has 2 rings (SSSR count). The molecule has 19 heavy (non-hydrogen) atoms. The topological polar surface area (TPSA) is 17.1 Å². The average molecular weight is 268 g/mol. The molecule has 5 heteroatoms. The SMILES string of the molecule is O=Cc1cc(-c2ccc(C(F)(F)F)cc2)ccc1F. The van der Waals surface area contributed by atoms with Gasteiger partial charge in [-0.25, -0.2) is 4.39 Å². The van der Waals surface area contributed by atoms with E-state index in [-0.39, 0.29) is 5.56 Å². The first-order valence-corrected chi connectivity index (χ1v) is 5.34. The van der Waals surface area contributed by atoms with Crippen LogP contribution >= 0.6 is 0 Å². The van der Waals surface area contributed by atoms with Crippen LogP contribution in [-0.4, -0.2) is 6.29 Å². The molecule has 0 unspecified atom stereocenters. The molecule has 0 aliphatic carbocycles. The molecule has 0 aliphatic heterocycles. The zero-order chi connectivity index (χ0) is 14.0. The summed E-state index contributed by atoms with van der Waals surface area (Å²) in [6.45, 7) is 0. The zero-order valence-electron chi connectivity index (χ0n) is 9.54. The highest BCUT2D eigenvalue weighted by Gasteiger charge is 2.29. The van der Waals surface area contributed by atoms with Crippen molar-refractivity contribution < 1.29 is 22.4 Å². The normalized spacial score (nSPS) is 11.4. The summed E-state index contributed by atoms with van der Waals surface area (Å²) in [6, 6.07) is 8.26. The molecule has 0 fully saturated rings. The van der Waals surface area contributed by atoms with E-state index < -0.39 is 17.6 Å². The highest BCUT2D eigenvalue weighted by molar-refractivity contribution is 5.79. The molecule has 0 aromatic heterocycles. The van der Waals surface area contributed by atoms with Gasteiger partial charge in [-0.05, 0) is 35.4 Å². The monoisotopic (exact) mass is 268 g/mol. The van der Waals surface area contributed by atoms with Crippen LogP contribution in [0.2, 0.25) is 0 Å². The number of aldehydes is 1. The predicted molar refractivity (Wildman–Crippen MR) is 62.2 cm³/mol. The Balaban J connectivity index is 2.40. The van der Waals surface area contributed by atoms with Crippen LogP contribution in [0.15, 0.2) is 42.5 Å². The quantitative estimate of drug-likeness (QED) is 0.585. The third kappa shape index (κ3) is 2.81. The summed E-state index contributed by atoms with van der Waals surface area (Å²) in [6.07, 6.45) is -4.03. The number of alkyl halides is 3. The lowest BCUT2D eigenvalue weighted by atomic mass is 10.0. The van der Waals surface area contributed by atoms with Crippen molar-refractivity contribution in [3.63, 3.8) is 0 Å². The van der Waals surface area contributed by atoms with Gasteiger partial charge >= 0.3 is 6.18 Å². The van der Waals surface area contributed by atoms with E-state index in [1.807, 2.05) is 0 Å². The van der Waals surface area contributed by atoms with Crippen molar-refractivity contribution in [2.24, 2.45) is 0 Å². The Bertz CT molecular complexity index is 600. The number of hydrogen-bond acceptors (Lipinski definition) is 1. The van der Waals surface area contributed by atoms with E-state index >= 15 is 0 Å². The van der Waals surface area contributed by atoms with Crippen LogP contribution in [0.4, 0.5) is 17.6 Å². The molecule has 1 nitrogen and oxygen atoms in total. The van der Waals surface area contributed by atoms with Gasteiger partial charge in [-0.1, -0.05) is 18.2 Å². The molecule has 0 aliphatic rings. The van der Waals surface area contributed by atoms with E-state index in [0.717, 1.165) is 18.2 Å². The third-order valence-electron chi connectivity index (χ3n) is 2.67. The number of carbonyl (C=O) groups excluding carboxylic acids is 1. The van der Waals surface area contributed by atoms with Gasteiger partial charge < -0.3 is 0 Å². The maximum absolute atomic E-state index is 13.1. The molecule has 0 amide bonds. The van der Waals surface area contributed by atoms with Crippen molar-refractivity contribution in [3.05, 3.63) is 59.4 Å². The molecule has 0 atom stereocenters. The van der Waals surface area contributed by atoms with Crippen molar-refractivity contribution in [2.75, 3.05) is 0 Å². The Morgan fingerprint density at radius 3 is 2.00 bits per heavy atom.